The van der Waals surface area contributed by atoms with E-state index in [0.717, 1.165) is 4.88 Å². The molecule has 1 aromatic heterocycles. The van der Waals surface area contributed by atoms with Crippen molar-refractivity contribution in [3.63, 3.8) is 0 Å². The summed E-state index contributed by atoms with van der Waals surface area (Å²) in [6.07, 6.45) is 0.100. The fraction of sp³-hybridized carbons (Fsp3) is 0.533. The average molecular weight is 312 g/mol. The van der Waals surface area contributed by atoms with E-state index in [4.69, 9.17) is 9.47 Å². The summed E-state index contributed by atoms with van der Waals surface area (Å²) in [5.74, 6) is -3.02. The fourth-order valence-electron chi connectivity index (χ4n) is 2.08. The summed E-state index contributed by atoms with van der Waals surface area (Å²) in [4.78, 5) is 36.6. The molecule has 1 rings (SSSR count). The number of ketones is 1. The second kappa shape index (κ2) is 8.56. The van der Waals surface area contributed by atoms with Crippen LogP contribution in [0.3, 0.4) is 0 Å². The van der Waals surface area contributed by atoms with Gasteiger partial charge in [-0.15, -0.1) is 11.3 Å². The van der Waals surface area contributed by atoms with Gasteiger partial charge in [0.15, 0.2) is 5.92 Å². The molecule has 0 spiro atoms. The van der Waals surface area contributed by atoms with E-state index < -0.39 is 23.8 Å². The summed E-state index contributed by atoms with van der Waals surface area (Å²) in [5.41, 5.74) is 0. The molecule has 0 N–H and O–H groups in total. The highest BCUT2D eigenvalue weighted by Gasteiger charge is 2.39. The Balaban J connectivity index is 3.12. The molecule has 21 heavy (non-hydrogen) atoms. The molecular formula is C15H20O5S. The number of rotatable bonds is 8. The van der Waals surface area contributed by atoms with Crippen molar-refractivity contribution < 1.29 is 23.9 Å². The molecule has 0 aliphatic rings. The van der Waals surface area contributed by atoms with E-state index in [9.17, 15) is 14.4 Å². The Kier molecular flexibility index (Phi) is 7.08. The Morgan fingerprint density at radius 3 is 2.10 bits per heavy atom. The molecule has 1 heterocycles. The molecular weight excluding hydrogens is 292 g/mol. The lowest BCUT2D eigenvalue weighted by atomic mass is 9.86. The number of thiophene rings is 1. The van der Waals surface area contributed by atoms with Gasteiger partial charge in [0, 0.05) is 17.2 Å². The molecule has 0 bridgehead atoms. The minimum absolute atomic E-state index is 0.0907. The first-order valence-corrected chi connectivity index (χ1v) is 7.75. The van der Waals surface area contributed by atoms with Gasteiger partial charge in [0.1, 0.15) is 5.78 Å². The van der Waals surface area contributed by atoms with Crippen molar-refractivity contribution in [1.82, 2.24) is 0 Å². The maximum Gasteiger partial charge on any atom is 0.320 e. The molecule has 0 aliphatic heterocycles. The van der Waals surface area contributed by atoms with Crippen LogP contribution in [0.5, 0.6) is 0 Å². The zero-order valence-electron chi connectivity index (χ0n) is 12.5. The van der Waals surface area contributed by atoms with E-state index in [1.165, 1.54) is 18.3 Å². The van der Waals surface area contributed by atoms with E-state index in [1.54, 1.807) is 13.8 Å². The van der Waals surface area contributed by atoms with Crippen molar-refractivity contribution in [1.29, 1.82) is 0 Å². The first-order chi connectivity index (χ1) is 10.0. The van der Waals surface area contributed by atoms with Crippen LogP contribution in [0.2, 0.25) is 0 Å². The monoisotopic (exact) mass is 312 g/mol. The lowest BCUT2D eigenvalue weighted by Gasteiger charge is -2.22. The van der Waals surface area contributed by atoms with Crippen molar-refractivity contribution >= 4 is 29.1 Å². The molecule has 5 nitrogen and oxygen atoms in total. The minimum Gasteiger partial charge on any atom is -0.465 e. The zero-order valence-corrected chi connectivity index (χ0v) is 13.3. The van der Waals surface area contributed by atoms with Crippen molar-refractivity contribution in [3.05, 3.63) is 22.4 Å². The SMILES string of the molecule is CCOC(=O)C(C(=O)OCC)C(CC(C)=O)c1cccs1. The van der Waals surface area contributed by atoms with E-state index in [2.05, 4.69) is 0 Å². The predicted molar refractivity (Wildman–Crippen MR) is 79.1 cm³/mol. The van der Waals surface area contributed by atoms with Gasteiger partial charge in [-0.25, -0.2) is 0 Å². The third-order valence-corrected chi connectivity index (χ3v) is 3.90. The lowest BCUT2D eigenvalue weighted by molar-refractivity contribution is -0.162. The molecule has 0 saturated carbocycles. The molecule has 1 atom stereocenters. The van der Waals surface area contributed by atoms with E-state index in [-0.39, 0.29) is 25.4 Å². The topological polar surface area (TPSA) is 69.7 Å². The summed E-state index contributed by atoms with van der Waals surface area (Å²) in [6, 6.07) is 3.63. The highest BCUT2D eigenvalue weighted by molar-refractivity contribution is 7.10. The van der Waals surface area contributed by atoms with Crippen LogP contribution in [0.1, 0.15) is 38.0 Å². The number of carbonyl (C=O) groups excluding carboxylic acids is 3. The van der Waals surface area contributed by atoms with Gasteiger partial charge in [-0.1, -0.05) is 6.07 Å². The third kappa shape index (κ3) is 4.97. The quantitative estimate of drug-likeness (QED) is 0.545. The largest absolute Gasteiger partial charge is 0.465 e. The molecule has 116 valence electrons. The van der Waals surface area contributed by atoms with Gasteiger partial charge in [0.2, 0.25) is 0 Å². The summed E-state index contributed by atoms with van der Waals surface area (Å²) in [5, 5.41) is 1.84. The number of hydrogen-bond acceptors (Lipinski definition) is 6. The van der Waals surface area contributed by atoms with Crippen molar-refractivity contribution in [3.8, 4) is 0 Å². The molecule has 6 heteroatoms. The smallest absolute Gasteiger partial charge is 0.320 e. The second-order valence-corrected chi connectivity index (χ2v) is 5.49. The Labute approximate surface area is 128 Å². The standard InChI is InChI=1S/C15H20O5S/c1-4-19-14(17)13(15(18)20-5-2)11(9-10(3)16)12-7-6-8-21-12/h6-8,11,13H,4-5,9H2,1-3H3. The predicted octanol–water partition coefficient (Wildman–Crippen LogP) is 2.55. The Bertz CT molecular complexity index is 462. The number of ether oxygens (including phenoxy) is 2. The van der Waals surface area contributed by atoms with Gasteiger partial charge in [-0.3, -0.25) is 9.59 Å². The molecule has 0 aromatic carbocycles. The van der Waals surface area contributed by atoms with Crippen LogP contribution in [0.4, 0.5) is 0 Å². The second-order valence-electron chi connectivity index (χ2n) is 4.51. The maximum atomic E-state index is 12.1. The van der Waals surface area contributed by atoms with Crippen molar-refractivity contribution in [2.45, 2.75) is 33.1 Å². The van der Waals surface area contributed by atoms with Crippen LogP contribution in [-0.2, 0) is 23.9 Å². The number of hydrogen-bond donors (Lipinski definition) is 0. The van der Waals surface area contributed by atoms with Gasteiger partial charge in [0.25, 0.3) is 0 Å². The Morgan fingerprint density at radius 1 is 1.14 bits per heavy atom. The van der Waals surface area contributed by atoms with Crippen molar-refractivity contribution in [2.75, 3.05) is 13.2 Å². The highest BCUT2D eigenvalue weighted by atomic mass is 32.1. The Hall–Kier alpha value is -1.69. The highest BCUT2D eigenvalue weighted by Crippen LogP contribution is 2.33. The summed E-state index contributed by atoms with van der Waals surface area (Å²) in [7, 11) is 0. The summed E-state index contributed by atoms with van der Waals surface area (Å²) in [6.45, 7) is 5.13. The molecule has 0 aliphatic carbocycles. The van der Waals surface area contributed by atoms with Gasteiger partial charge < -0.3 is 14.3 Å². The summed E-state index contributed by atoms with van der Waals surface area (Å²) < 4.78 is 9.97. The minimum atomic E-state index is -1.10. The molecule has 0 saturated heterocycles. The van der Waals surface area contributed by atoms with Gasteiger partial charge >= 0.3 is 11.9 Å². The maximum absolute atomic E-state index is 12.1. The lowest BCUT2D eigenvalue weighted by Crippen LogP contribution is -2.34. The van der Waals surface area contributed by atoms with Gasteiger partial charge in [0.05, 0.1) is 13.2 Å². The van der Waals surface area contributed by atoms with E-state index in [0.29, 0.717) is 0 Å². The van der Waals surface area contributed by atoms with Gasteiger partial charge in [-0.05, 0) is 32.2 Å². The van der Waals surface area contributed by atoms with Crippen LogP contribution in [0.25, 0.3) is 0 Å². The fourth-order valence-corrected chi connectivity index (χ4v) is 2.95. The van der Waals surface area contributed by atoms with Crippen LogP contribution in [0, 0.1) is 5.92 Å². The van der Waals surface area contributed by atoms with Crippen LogP contribution in [0.15, 0.2) is 17.5 Å². The van der Waals surface area contributed by atoms with Crippen LogP contribution in [-0.4, -0.2) is 30.9 Å². The van der Waals surface area contributed by atoms with Crippen LogP contribution >= 0.6 is 11.3 Å². The Morgan fingerprint density at radius 2 is 1.71 bits per heavy atom. The molecule has 1 aromatic rings. The molecule has 0 radical (unpaired) electrons. The molecule has 1 unspecified atom stereocenters. The first-order valence-electron chi connectivity index (χ1n) is 6.87. The number of Topliss-reactive ketones (excluding diaryl/α,β-unsaturated/α-hetero) is 1. The third-order valence-electron chi connectivity index (χ3n) is 2.90. The normalized spacial score (nSPS) is 12.0. The number of esters is 2. The zero-order chi connectivity index (χ0) is 15.8. The van der Waals surface area contributed by atoms with E-state index >= 15 is 0 Å². The van der Waals surface area contributed by atoms with E-state index in [1.807, 2.05) is 17.5 Å². The van der Waals surface area contributed by atoms with Gasteiger partial charge in [-0.2, -0.15) is 0 Å². The van der Waals surface area contributed by atoms with Crippen LogP contribution < -0.4 is 0 Å². The first kappa shape index (κ1) is 17.4. The van der Waals surface area contributed by atoms with Crippen molar-refractivity contribution in [2.24, 2.45) is 5.92 Å². The summed E-state index contributed by atoms with van der Waals surface area (Å²) >= 11 is 1.40. The molecule has 0 amide bonds. The molecule has 0 fully saturated rings. The number of carbonyl (C=O) groups is 3. The average Bonchev–Trinajstić information content (AvgIpc) is 2.91.